The minimum Gasteiger partial charge on any atom is -0.310 e. The highest BCUT2D eigenvalue weighted by Gasteiger charge is 2.21. The highest BCUT2D eigenvalue weighted by atomic mass is 15.3. The van der Waals surface area contributed by atoms with Crippen LogP contribution in [0, 0.1) is 20.8 Å². The van der Waals surface area contributed by atoms with Gasteiger partial charge < -0.3 is 5.32 Å². The van der Waals surface area contributed by atoms with Crippen molar-refractivity contribution in [2.45, 2.75) is 46.2 Å². The lowest BCUT2D eigenvalue weighted by atomic mass is 10.2. The number of hydrogen-bond acceptors (Lipinski definition) is 3. The molecule has 0 spiro atoms. The monoisotopic (exact) mass is 256 g/mol. The summed E-state index contributed by atoms with van der Waals surface area (Å²) in [4.78, 5) is 4.25. The first-order chi connectivity index (χ1) is 9.16. The second kappa shape index (κ2) is 4.78. The van der Waals surface area contributed by atoms with E-state index < -0.39 is 0 Å². The molecule has 1 saturated carbocycles. The molecule has 0 aromatic carbocycles. The Labute approximate surface area is 113 Å². The van der Waals surface area contributed by atoms with E-state index in [0.717, 1.165) is 17.9 Å². The van der Waals surface area contributed by atoms with E-state index in [4.69, 9.17) is 0 Å². The van der Waals surface area contributed by atoms with E-state index >= 15 is 0 Å². The molecule has 2 aromatic heterocycles. The van der Waals surface area contributed by atoms with Gasteiger partial charge in [0.1, 0.15) is 0 Å². The Morgan fingerprint density at radius 1 is 1.32 bits per heavy atom. The van der Waals surface area contributed by atoms with Crippen LogP contribution >= 0.6 is 0 Å². The fraction of sp³-hybridized carbons (Fsp3) is 0.467. The summed E-state index contributed by atoms with van der Waals surface area (Å²) in [5.41, 5.74) is 5.90. The van der Waals surface area contributed by atoms with Gasteiger partial charge in [-0.3, -0.25) is 4.98 Å². The predicted molar refractivity (Wildman–Crippen MR) is 75.4 cm³/mol. The number of aromatic nitrogens is 3. The number of rotatable bonds is 4. The molecule has 1 aliphatic carbocycles. The normalized spacial score (nSPS) is 14.9. The third kappa shape index (κ3) is 2.40. The Morgan fingerprint density at radius 3 is 2.74 bits per heavy atom. The molecule has 2 heterocycles. The minimum atomic E-state index is 0.704. The molecule has 1 fully saturated rings. The van der Waals surface area contributed by atoms with Gasteiger partial charge in [0.15, 0.2) is 0 Å². The van der Waals surface area contributed by atoms with Gasteiger partial charge >= 0.3 is 0 Å². The van der Waals surface area contributed by atoms with Crippen LogP contribution in [-0.4, -0.2) is 20.8 Å². The van der Waals surface area contributed by atoms with Gasteiger partial charge in [-0.1, -0.05) is 0 Å². The van der Waals surface area contributed by atoms with E-state index in [2.05, 4.69) is 36.2 Å². The molecule has 2 aromatic rings. The maximum Gasteiger partial charge on any atom is 0.0724 e. The van der Waals surface area contributed by atoms with E-state index in [0.29, 0.717) is 6.04 Å². The van der Waals surface area contributed by atoms with E-state index in [1.165, 1.54) is 29.7 Å². The van der Waals surface area contributed by atoms with Crippen LogP contribution in [0.4, 0.5) is 0 Å². The van der Waals surface area contributed by atoms with Crippen LogP contribution in [0.15, 0.2) is 18.5 Å². The van der Waals surface area contributed by atoms with Gasteiger partial charge in [0.05, 0.1) is 11.4 Å². The smallest absolute Gasteiger partial charge is 0.0724 e. The number of pyridine rings is 1. The lowest BCUT2D eigenvalue weighted by Gasteiger charge is -2.11. The van der Waals surface area contributed by atoms with E-state index in [1.807, 2.05) is 23.1 Å². The average molecular weight is 256 g/mol. The molecule has 0 amide bonds. The van der Waals surface area contributed by atoms with Crippen molar-refractivity contribution in [3.63, 3.8) is 0 Å². The molecule has 1 N–H and O–H groups in total. The molecular weight excluding hydrogens is 236 g/mol. The second-order valence-corrected chi connectivity index (χ2v) is 5.37. The standard InChI is InChI=1S/C15H20N4/c1-10-11(2)18-19(12(10)3)15-6-7-16-8-13(15)9-17-14-4-5-14/h6-8,14,17H,4-5,9H2,1-3H3. The maximum atomic E-state index is 4.64. The zero-order valence-electron chi connectivity index (χ0n) is 11.8. The zero-order chi connectivity index (χ0) is 13.4. The van der Waals surface area contributed by atoms with E-state index in [-0.39, 0.29) is 0 Å². The largest absolute Gasteiger partial charge is 0.310 e. The molecule has 0 aliphatic heterocycles. The average Bonchev–Trinajstić information content (AvgIpc) is 3.21. The second-order valence-electron chi connectivity index (χ2n) is 5.37. The number of aryl methyl sites for hydroxylation is 1. The first-order valence-corrected chi connectivity index (χ1v) is 6.86. The summed E-state index contributed by atoms with van der Waals surface area (Å²) in [7, 11) is 0. The lowest BCUT2D eigenvalue weighted by molar-refractivity contribution is 0.677. The Bertz CT molecular complexity index is 596. The van der Waals surface area contributed by atoms with Crippen LogP contribution < -0.4 is 5.32 Å². The summed E-state index contributed by atoms with van der Waals surface area (Å²) < 4.78 is 2.04. The van der Waals surface area contributed by atoms with Gasteiger partial charge in [0.2, 0.25) is 0 Å². The summed E-state index contributed by atoms with van der Waals surface area (Å²) in [6.07, 6.45) is 6.38. The summed E-state index contributed by atoms with van der Waals surface area (Å²) in [5.74, 6) is 0. The van der Waals surface area contributed by atoms with Crippen molar-refractivity contribution in [2.24, 2.45) is 0 Å². The Hall–Kier alpha value is -1.68. The van der Waals surface area contributed by atoms with Gasteiger partial charge in [-0.2, -0.15) is 5.10 Å². The zero-order valence-corrected chi connectivity index (χ0v) is 11.8. The fourth-order valence-electron chi connectivity index (χ4n) is 2.26. The molecule has 4 nitrogen and oxygen atoms in total. The summed E-state index contributed by atoms with van der Waals surface area (Å²) in [5, 5.41) is 8.19. The number of nitrogens with one attached hydrogen (secondary N) is 1. The molecule has 3 rings (SSSR count). The van der Waals surface area contributed by atoms with Crippen LogP contribution in [0.5, 0.6) is 0 Å². The highest BCUT2D eigenvalue weighted by Crippen LogP contribution is 2.22. The third-order valence-electron chi connectivity index (χ3n) is 3.92. The number of hydrogen-bond donors (Lipinski definition) is 1. The SMILES string of the molecule is Cc1nn(-c2ccncc2CNC2CC2)c(C)c1C. The van der Waals surface area contributed by atoms with Crippen molar-refractivity contribution in [1.29, 1.82) is 0 Å². The summed E-state index contributed by atoms with van der Waals surface area (Å²) in [6, 6.07) is 2.75. The Morgan fingerprint density at radius 2 is 2.11 bits per heavy atom. The molecule has 0 saturated heterocycles. The number of nitrogens with zero attached hydrogens (tertiary/aromatic N) is 3. The molecule has 1 aliphatic rings. The van der Waals surface area contributed by atoms with Crippen molar-refractivity contribution >= 4 is 0 Å². The molecule has 0 radical (unpaired) electrons. The lowest BCUT2D eigenvalue weighted by Crippen LogP contribution is -2.17. The molecule has 4 heteroatoms. The van der Waals surface area contributed by atoms with Gasteiger partial charge in [-0.15, -0.1) is 0 Å². The molecule has 0 unspecified atom stereocenters. The predicted octanol–water partition coefficient (Wildman–Crippen LogP) is 2.44. The highest BCUT2D eigenvalue weighted by molar-refractivity contribution is 5.41. The van der Waals surface area contributed by atoms with Crippen molar-refractivity contribution in [1.82, 2.24) is 20.1 Å². The molecule has 0 bridgehead atoms. The van der Waals surface area contributed by atoms with Gasteiger partial charge in [0.25, 0.3) is 0 Å². The first kappa shape index (κ1) is 12.4. The Kier molecular flexibility index (Phi) is 3.11. The topological polar surface area (TPSA) is 42.7 Å². The van der Waals surface area contributed by atoms with E-state index in [9.17, 15) is 0 Å². The quantitative estimate of drug-likeness (QED) is 0.913. The van der Waals surface area contributed by atoms with Crippen LogP contribution in [0.1, 0.15) is 35.4 Å². The summed E-state index contributed by atoms with van der Waals surface area (Å²) >= 11 is 0. The van der Waals surface area contributed by atoms with Crippen molar-refractivity contribution < 1.29 is 0 Å². The van der Waals surface area contributed by atoms with Crippen molar-refractivity contribution in [2.75, 3.05) is 0 Å². The fourth-order valence-corrected chi connectivity index (χ4v) is 2.26. The molecule has 0 atom stereocenters. The van der Waals surface area contributed by atoms with Crippen molar-refractivity contribution in [3.8, 4) is 5.69 Å². The molecular formula is C15H20N4. The van der Waals surface area contributed by atoms with Gasteiger partial charge in [0, 0.05) is 36.2 Å². The van der Waals surface area contributed by atoms with Gasteiger partial charge in [-0.25, -0.2) is 4.68 Å². The van der Waals surface area contributed by atoms with Crippen molar-refractivity contribution in [3.05, 3.63) is 41.0 Å². The summed E-state index contributed by atoms with van der Waals surface area (Å²) in [6.45, 7) is 7.17. The van der Waals surface area contributed by atoms with Crippen LogP contribution in [-0.2, 0) is 6.54 Å². The van der Waals surface area contributed by atoms with E-state index in [1.54, 1.807) is 0 Å². The molecule has 100 valence electrons. The maximum absolute atomic E-state index is 4.64. The van der Waals surface area contributed by atoms with Crippen LogP contribution in [0.3, 0.4) is 0 Å². The minimum absolute atomic E-state index is 0.704. The van der Waals surface area contributed by atoms with Crippen LogP contribution in [0.2, 0.25) is 0 Å². The van der Waals surface area contributed by atoms with Crippen LogP contribution in [0.25, 0.3) is 5.69 Å². The molecule has 19 heavy (non-hydrogen) atoms. The third-order valence-corrected chi connectivity index (χ3v) is 3.92. The van der Waals surface area contributed by atoms with Gasteiger partial charge in [-0.05, 0) is 45.2 Å². The first-order valence-electron chi connectivity index (χ1n) is 6.86. The Balaban J connectivity index is 1.96.